The normalized spacial score (nSPS) is 15.3. The van der Waals surface area contributed by atoms with Gasteiger partial charge in [0.2, 0.25) is 11.9 Å². The van der Waals surface area contributed by atoms with Crippen LogP contribution >= 0.6 is 0 Å². The number of rotatable bonds is 7. The Hall–Kier alpha value is -4.32. The van der Waals surface area contributed by atoms with E-state index in [1.54, 1.807) is 48.4 Å². The maximum absolute atomic E-state index is 12.9. The molecule has 0 bridgehead atoms. The van der Waals surface area contributed by atoms with Crippen LogP contribution in [0.2, 0.25) is 0 Å². The van der Waals surface area contributed by atoms with E-state index in [9.17, 15) is 9.59 Å². The smallest absolute Gasteiger partial charge is 0.258 e. The molecular formula is C23H25N9O3. The minimum Gasteiger partial charge on any atom is -0.456 e. The zero-order valence-corrected chi connectivity index (χ0v) is 19.3. The molecule has 1 atom stereocenters. The number of fused-ring (bicyclic) bond motifs is 1. The number of ether oxygens (including phenoxy) is 1. The molecular weight excluding hydrogens is 450 g/mol. The predicted octanol–water partition coefficient (Wildman–Crippen LogP) is 2.53. The second kappa shape index (κ2) is 9.50. The number of carbonyl (C=O) groups excluding carboxylic acids is 2. The second-order valence-electron chi connectivity index (χ2n) is 8.18. The van der Waals surface area contributed by atoms with Crippen LogP contribution in [0.3, 0.4) is 0 Å². The van der Waals surface area contributed by atoms with E-state index < -0.39 is 0 Å². The van der Waals surface area contributed by atoms with Crippen LogP contribution in [-0.2, 0) is 4.79 Å². The van der Waals surface area contributed by atoms with Gasteiger partial charge in [-0.2, -0.15) is 5.10 Å². The molecule has 1 aromatic carbocycles. The van der Waals surface area contributed by atoms with E-state index >= 15 is 0 Å². The third-order valence-corrected chi connectivity index (χ3v) is 5.78. The highest BCUT2D eigenvalue weighted by Crippen LogP contribution is 2.36. The van der Waals surface area contributed by atoms with Gasteiger partial charge in [-0.1, -0.05) is 6.92 Å². The number of benzene rings is 1. The summed E-state index contributed by atoms with van der Waals surface area (Å²) in [5.41, 5.74) is 0.958. The second-order valence-corrected chi connectivity index (χ2v) is 8.18. The van der Waals surface area contributed by atoms with Crippen molar-refractivity contribution in [1.82, 2.24) is 35.7 Å². The van der Waals surface area contributed by atoms with Gasteiger partial charge in [-0.15, -0.1) is 10.2 Å². The van der Waals surface area contributed by atoms with E-state index in [0.717, 1.165) is 13.0 Å². The molecule has 4 heterocycles. The van der Waals surface area contributed by atoms with E-state index in [1.165, 1.54) is 0 Å². The Kier molecular flexibility index (Phi) is 6.10. The summed E-state index contributed by atoms with van der Waals surface area (Å²) in [5.74, 6) is 2.08. The fourth-order valence-corrected chi connectivity index (χ4v) is 4.07. The molecule has 0 radical (unpaired) electrons. The number of H-pyrrole nitrogens is 2. The van der Waals surface area contributed by atoms with Crippen LogP contribution < -0.4 is 20.3 Å². The summed E-state index contributed by atoms with van der Waals surface area (Å²) in [5, 5.41) is 21.6. The van der Waals surface area contributed by atoms with Crippen molar-refractivity contribution in [2.24, 2.45) is 0 Å². The van der Waals surface area contributed by atoms with Crippen LogP contribution in [0.5, 0.6) is 11.5 Å². The standard InChI is InChI=1S/C23H25N9O3/c1-3-18(33)32(15-8-10-24-12-15)21-19-17(9-11-25-20(19)29-30-21)35-16-6-4-14(5-7-16)22(34)27-23-26-13(2)28-31-23/h4-7,9,11,15,24H,3,8,10,12H2,1-2H3,(H,25,29,30)(H2,26,27,28,31,34). The topological polar surface area (TPSA) is 154 Å². The first-order valence-electron chi connectivity index (χ1n) is 11.4. The molecule has 3 aromatic heterocycles. The first-order valence-corrected chi connectivity index (χ1v) is 11.4. The summed E-state index contributed by atoms with van der Waals surface area (Å²) in [6.45, 7) is 5.13. The molecule has 1 saturated heterocycles. The molecule has 4 aromatic rings. The van der Waals surface area contributed by atoms with E-state index in [-0.39, 0.29) is 23.8 Å². The van der Waals surface area contributed by atoms with E-state index in [2.05, 4.69) is 41.0 Å². The van der Waals surface area contributed by atoms with E-state index in [4.69, 9.17) is 4.74 Å². The predicted molar refractivity (Wildman–Crippen MR) is 129 cm³/mol. The van der Waals surface area contributed by atoms with Crippen LogP contribution in [0.25, 0.3) is 11.0 Å². The molecule has 1 fully saturated rings. The minimum atomic E-state index is -0.324. The maximum atomic E-state index is 12.9. The largest absolute Gasteiger partial charge is 0.456 e. The summed E-state index contributed by atoms with van der Waals surface area (Å²) >= 11 is 0. The zero-order chi connectivity index (χ0) is 24.4. The lowest BCUT2D eigenvalue weighted by Crippen LogP contribution is -2.41. The van der Waals surface area contributed by atoms with Gasteiger partial charge < -0.3 is 15.0 Å². The molecule has 2 amide bonds. The van der Waals surface area contributed by atoms with Gasteiger partial charge in [-0.3, -0.25) is 24.9 Å². The Labute approximate surface area is 200 Å². The lowest BCUT2D eigenvalue weighted by Gasteiger charge is -2.26. The van der Waals surface area contributed by atoms with Crippen molar-refractivity contribution in [3.63, 3.8) is 0 Å². The molecule has 12 heteroatoms. The maximum Gasteiger partial charge on any atom is 0.258 e. The van der Waals surface area contributed by atoms with Crippen molar-refractivity contribution in [3.8, 4) is 11.5 Å². The van der Waals surface area contributed by atoms with Gasteiger partial charge in [0.25, 0.3) is 5.91 Å². The minimum absolute atomic E-state index is 0.00736. The number of aryl methyl sites for hydroxylation is 1. The summed E-state index contributed by atoms with van der Waals surface area (Å²) < 4.78 is 6.16. The van der Waals surface area contributed by atoms with Gasteiger partial charge in [-0.25, -0.2) is 4.98 Å². The number of nitrogens with zero attached hydrogens (tertiary/aromatic N) is 5. The molecule has 1 unspecified atom stereocenters. The SMILES string of the molecule is CCC(=O)N(c1n[nH]c2nccc(Oc3ccc(C(=O)Nc4nnc(C)[nH]4)cc3)c12)C1CCNC1. The Bertz CT molecular complexity index is 1360. The van der Waals surface area contributed by atoms with Crippen LogP contribution in [0.15, 0.2) is 36.5 Å². The fraction of sp³-hybridized carbons (Fsp3) is 0.304. The average Bonchev–Trinajstić information content (AvgIpc) is 3.62. The van der Waals surface area contributed by atoms with Crippen molar-refractivity contribution < 1.29 is 14.3 Å². The fourth-order valence-electron chi connectivity index (χ4n) is 4.07. The highest BCUT2D eigenvalue weighted by atomic mass is 16.5. The van der Waals surface area contributed by atoms with Crippen LogP contribution in [0.1, 0.15) is 35.9 Å². The molecule has 0 aliphatic carbocycles. The number of carbonyl (C=O) groups is 2. The Morgan fingerprint density at radius 3 is 2.71 bits per heavy atom. The van der Waals surface area contributed by atoms with Crippen LogP contribution in [0, 0.1) is 6.92 Å². The van der Waals surface area contributed by atoms with Crippen molar-refractivity contribution in [2.75, 3.05) is 23.3 Å². The number of nitrogens with one attached hydrogen (secondary N) is 4. The van der Waals surface area contributed by atoms with Gasteiger partial charge >= 0.3 is 0 Å². The van der Waals surface area contributed by atoms with Crippen molar-refractivity contribution in [1.29, 1.82) is 0 Å². The number of pyridine rings is 1. The highest BCUT2D eigenvalue weighted by Gasteiger charge is 2.31. The molecule has 180 valence electrons. The molecule has 5 rings (SSSR count). The molecule has 1 aliphatic rings. The van der Waals surface area contributed by atoms with Crippen molar-refractivity contribution in [2.45, 2.75) is 32.7 Å². The molecule has 4 N–H and O–H groups in total. The van der Waals surface area contributed by atoms with Gasteiger partial charge in [0.1, 0.15) is 22.7 Å². The van der Waals surface area contributed by atoms with Gasteiger partial charge in [-0.05, 0) is 44.2 Å². The lowest BCUT2D eigenvalue weighted by atomic mass is 10.1. The molecule has 35 heavy (non-hydrogen) atoms. The number of aromatic amines is 2. The Morgan fingerprint density at radius 1 is 1.20 bits per heavy atom. The van der Waals surface area contributed by atoms with E-state index in [1.807, 2.05) is 6.92 Å². The highest BCUT2D eigenvalue weighted by molar-refractivity contribution is 6.04. The van der Waals surface area contributed by atoms with Gasteiger partial charge in [0.15, 0.2) is 11.5 Å². The summed E-state index contributed by atoms with van der Waals surface area (Å²) in [6, 6.07) is 8.44. The summed E-state index contributed by atoms with van der Waals surface area (Å²) in [7, 11) is 0. The quantitative estimate of drug-likeness (QED) is 0.318. The number of amides is 2. The number of aromatic nitrogens is 6. The molecule has 12 nitrogen and oxygen atoms in total. The third-order valence-electron chi connectivity index (χ3n) is 5.78. The monoisotopic (exact) mass is 475 g/mol. The number of hydrogen-bond acceptors (Lipinski definition) is 8. The first-order chi connectivity index (χ1) is 17.0. The molecule has 0 spiro atoms. The summed E-state index contributed by atoms with van der Waals surface area (Å²) in [6.07, 6.45) is 2.82. The number of hydrogen-bond donors (Lipinski definition) is 4. The lowest BCUT2D eigenvalue weighted by molar-refractivity contribution is -0.118. The molecule has 0 saturated carbocycles. The third kappa shape index (κ3) is 4.55. The number of anilines is 2. The molecule has 1 aliphatic heterocycles. The van der Waals surface area contributed by atoms with Crippen LogP contribution in [0.4, 0.5) is 11.8 Å². The van der Waals surface area contributed by atoms with Crippen molar-refractivity contribution >= 4 is 34.6 Å². The zero-order valence-electron chi connectivity index (χ0n) is 19.3. The Balaban J connectivity index is 1.41. The van der Waals surface area contributed by atoms with Crippen molar-refractivity contribution in [3.05, 3.63) is 47.9 Å². The van der Waals surface area contributed by atoms with E-state index in [0.29, 0.717) is 52.7 Å². The summed E-state index contributed by atoms with van der Waals surface area (Å²) in [4.78, 5) is 34.3. The van der Waals surface area contributed by atoms with Crippen LogP contribution in [-0.4, -0.2) is 61.3 Å². The first kappa shape index (κ1) is 22.5. The average molecular weight is 476 g/mol. The Morgan fingerprint density at radius 2 is 2.03 bits per heavy atom. The van der Waals surface area contributed by atoms with Gasteiger partial charge in [0, 0.05) is 30.8 Å². The van der Waals surface area contributed by atoms with Gasteiger partial charge in [0.05, 0.1) is 6.04 Å².